The maximum absolute atomic E-state index is 3.86. The minimum absolute atomic E-state index is 0.491. The predicted octanol–water partition coefficient (Wildman–Crippen LogP) is 6.17. The van der Waals surface area contributed by atoms with Crippen LogP contribution in [0.4, 0.5) is 0 Å². The number of allylic oxidation sites excluding steroid dienone is 1. The molecule has 0 bridgehead atoms. The van der Waals surface area contributed by atoms with Crippen LogP contribution in [0.1, 0.15) is 40.7 Å². The molecule has 102 valence electrons. The van der Waals surface area contributed by atoms with Crippen LogP contribution in [0.2, 0.25) is 0 Å². The summed E-state index contributed by atoms with van der Waals surface area (Å²) >= 11 is 3.86. The van der Waals surface area contributed by atoms with Crippen LogP contribution in [0.15, 0.2) is 34.8 Å². The van der Waals surface area contributed by atoms with E-state index < -0.39 is 0 Å². The average molecular weight is 327 g/mol. The zero-order valence-corrected chi connectivity index (χ0v) is 14.0. The molecule has 1 heteroatoms. The van der Waals surface area contributed by atoms with Crippen molar-refractivity contribution < 1.29 is 0 Å². The molecule has 1 aliphatic rings. The SMILES string of the molecule is Cc1cc(C)c(-c2ccc3c(c2Br)C(C)C=C3)c(C)c1. The van der Waals surface area contributed by atoms with Gasteiger partial charge < -0.3 is 0 Å². The van der Waals surface area contributed by atoms with Crippen LogP contribution in [0, 0.1) is 20.8 Å². The Morgan fingerprint density at radius 3 is 2.30 bits per heavy atom. The molecule has 1 aliphatic carbocycles. The lowest BCUT2D eigenvalue weighted by Gasteiger charge is -2.17. The molecule has 2 aromatic rings. The number of fused-ring (bicyclic) bond motifs is 1. The van der Waals surface area contributed by atoms with Crippen molar-refractivity contribution in [3.8, 4) is 11.1 Å². The fourth-order valence-corrected chi connectivity index (χ4v) is 4.28. The molecule has 2 aromatic carbocycles. The monoisotopic (exact) mass is 326 g/mol. The lowest BCUT2D eigenvalue weighted by molar-refractivity contribution is 0.982. The fourth-order valence-electron chi connectivity index (χ4n) is 3.36. The molecule has 0 N–H and O–H groups in total. The Hall–Kier alpha value is -1.34. The first-order chi connectivity index (χ1) is 9.49. The zero-order valence-electron chi connectivity index (χ0n) is 12.4. The summed E-state index contributed by atoms with van der Waals surface area (Å²) in [6.07, 6.45) is 4.50. The van der Waals surface area contributed by atoms with Crippen LogP contribution in [0.3, 0.4) is 0 Å². The molecular formula is C19H19Br. The van der Waals surface area contributed by atoms with Gasteiger partial charge in [0.2, 0.25) is 0 Å². The van der Waals surface area contributed by atoms with Gasteiger partial charge in [0.25, 0.3) is 0 Å². The summed E-state index contributed by atoms with van der Waals surface area (Å²) in [5.41, 5.74) is 9.47. The van der Waals surface area contributed by atoms with Crippen molar-refractivity contribution in [1.82, 2.24) is 0 Å². The summed E-state index contributed by atoms with van der Waals surface area (Å²) in [4.78, 5) is 0. The molecule has 3 rings (SSSR count). The van der Waals surface area contributed by atoms with Crippen LogP contribution in [-0.4, -0.2) is 0 Å². The highest BCUT2D eigenvalue weighted by atomic mass is 79.9. The normalized spacial score (nSPS) is 16.6. The first-order valence-corrected chi connectivity index (χ1v) is 7.87. The number of halogens is 1. The first-order valence-electron chi connectivity index (χ1n) is 7.08. The summed E-state index contributed by atoms with van der Waals surface area (Å²) in [5.74, 6) is 0.491. The van der Waals surface area contributed by atoms with Gasteiger partial charge in [0.15, 0.2) is 0 Å². The molecule has 1 unspecified atom stereocenters. The van der Waals surface area contributed by atoms with Crippen LogP contribution < -0.4 is 0 Å². The molecule has 0 nitrogen and oxygen atoms in total. The zero-order chi connectivity index (χ0) is 14.4. The van der Waals surface area contributed by atoms with Gasteiger partial charge in [-0.05, 0) is 70.1 Å². The van der Waals surface area contributed by atoms with Crippen molar-refractivity contribution in [1.29, 1.82) is 0 Å². The van der Waals surface area contributed by atoms with Gasteiger partial charge in [0, 0.05) is 10.4 Å². The van der Waals surface area contributed by atoms with Crippen LogP contribution in [-0.2, 0) is 0 Å². The molecule has 0 aromatic heterocycles. The fraction of sp³-hybridized carbons (Fsp3) is 0.263. The largest absolute Gasteiger partial charge is 0.0766 e. The number of rotatable bonds is 1. The van der Waals surface area contributed by atoms with Gasteiger partial charge in [0.05, 0.1) is 0 Å². The van der Waals surface area contributed by atoms with E-state index in [0.717, 1.165) is 0 Å². The van der Waals surface area contributed by atoms with Gasteiger partial charge in [-0.3, -0.25) is 0 Å². The van der Waals surface area contributed by atoms with Gasteiger partial charge in [-0.25, -0.2) is 0 Å². The average Bonchev–Trinajstić information content (AvgIpc) is 2.73. The standard InChI is InChI=1S/C19H19Br/c1-11-9-13(3)17(14(4)10-11)16-8-7-15-6-5-12(2)18(15)19(16)20/h5-10,12H,1-4H3. The van der Waals surface area contributed by atoms with Crippen LogP contribution >= 0.6 is 15.9 Å². The van der Waals surface area contributed by atoms with Gasteiger partial charge in [-0.2, -0.15) is 0 Å². The molecule has 0 aliphatic heterocycles. The number of hydrogen-bond acceptors (Lipinski definition) is 0. The van der Waals surface area contributed by atoms with Crippen molar-refractivity contribution in [2.45, 2.75) is 33.6 Å². The highest BCUT2D eigenvalue weighted by Gasteiger charge is 2.20. The Bertz CT molecular complexity index is 700. The Morgan fingerprint density at radius 2 is 1.65 bits per heavy atom. The maximum atomic E-state index is 3.86. The number of aryl methyl sites for hydroxylation is 3. The Morgan fingerprint density at radius 1 is 1.00 bits per heavy atom. The molecule has 0 saturated carbocycles. The van der Waals surface area contributed by atoms with E-state index >= 15 is 0 Å². The van der Waals surface area contributed by atoms with E-state index in [1.54, 1.807) is 0 Å². The molecular weight excluding hydrogens is 308 g/mol. The van der Waals surface area contributed by atoms with Gasteiger partial charge in [-0.1, -0.05) is 48.9 Å². The Labute approximate surface area is 129 Å². The summed E-state index contributed by atoms with van der Waals surface area (Å²) in [6, 6.07) is 9.03. The van der Waals surface area contributed by atoms with E-state index in [9.17, 15) is 0 Å². The third-order valence-electron chi connectivity index (χ3n) is 4.18. The highest BCUT2D eigenvalue weighted by molar-refractivity contribution is 9.10. The van der Waals surface area contributed by atoms with Crippen molar-refractivity contribution in [3.05, 3.63) is 62.6 Å². The van der Waals surface area contributed by atoms with Crippen LogP contribution in [0.25, 0.3) is 17.2 Å². The second-order valence-electron chi connectivity index (χ2n) is 5.85. The number of benzene rings is 2. The van der Waals surface area contributed by atoms with Crippen molar-refractivity contribution in [3.63, 3.8) is 0 Å². The maximum Gasteiger partial charge on any atom is 0.0297 e. The summed E-state index contributed by atoms with van der Waals surface area (Å²) in [5, 5.41) is 0. The van der Waals surface area contributed by atoms with Gasteiger partial charge in [-0.15, -0.1) is 0 Å². The first kappa shape index (κ1) is 13.6. The molecule has 0 fully saturated rings. The smallest absolute Gasteiger partial charge is 0.0297 e. The minimum Gasteiger partial charge on any atom is -0.0766 e. The quantitative estimate of drug-likeness (QED) is 0.587. The third-order valence-corrected chi connectivity index (χ3v) is 5.03. The number of hydrogen-bond donors (Lipinski definition) is 0. The van der Waals surface area contributed by atoms with E-state index in [1.165, 1.54) is 43.4 Å². The van der Waals surface area contributed by atoms with E-state index in [-0.39, 0.29) is 0 Å². The Kier molecular flexibility index (Phi) is 3.33. The lowest BCUT2D eigenvalue weighted by Crippen LogP contribution is -1.96. The van der Waals surface area contributed by atoms with Gasteiger partial charge in [0.1, 0.15) is 0 Å². The molecule has 1 atom stereocenters. The molecule has 0 saturated heterocycles. The summed E-state index contributed by atoms with van der Waals surface area (Å²) in [7, 11) is 0. The van der Waals surface area contributed by atoms with Crippen molar-refractivity contribution >= 4 is 22.0 Å². The predicted molar refractivity (Wildman–Crippen MR) is 91.2 cm³/mol. The summed E-state index contributed by atoms with van der Waals surface area (Å²) < 4.78 is 1.25. The molecule has 0 heterocycles. The van der Waals surface area contributed by atoms with Gasteiger partial charge >= 0.3 is 0 Å². The van der Waals surface area contributed by atoms with Crippen molar-refractivity contribution in [2.75, 3.05) is 0 Å². The molecule has 0 radical (unpaired) electrons. The van der Waals surface area contributed by atoms with Crippen molar-refractivity contribution in [2.24, 2.45) is 0 Å². The Balaban J connectivity index is 2.26. The molecule has 20 heavy (non-hydrogen) atoms. The van der Waals surface area contributed by atoms with E-state index in [2.05, 4.69) is 80.0 Å². The van der Waals surface area contributed by atoms with E-state index in [1.807, 2.05) is 0 Å². The van der Waals surface area contributed by atoms with E-state index in [4.69, 9.17) is 0 Å². The van der Waals surface area contributed by atoms with Crippen LogP contribution in [0.5, 0.6) is 0 Å². The third kappa shape index (κ3) is 2.05. The second-order valence-corrected chi connectivity index (χ2v) is 6.64. The topological polar surface area (TPSA) is 0 Å². The minimum atomic E-state index is 0.491. The van der Waals surface area contributed by atoms with E-state index in [0.29, 0.717) is 5.92 Å². The lowest BCUT2D eigenvalue weighted by atomic mass is 9.90. The summed E-state index contributed by atoms with van der Waals surface area (Å²) in [6.45, 7) is 8.83. The second kappa shape index (κ2) is 4.89. The highest BCUT2D eigenvalue weighted by Crippen LogP contribution is 2.42. The molecule has 0 spiro atoms. The molecule has 0 amide bonds.